The molecular formula is C68H51N. The van der Waals surface area contributed by atoms with Gasteiger partial charge in [0.2, 0.25) is 0 Å². The molecule has 0 bridgehead atoms. The van der Waals surface area contributed by atoms with Gasteiger partial charge in [-0.25, -0.2) is 0 Å². The van der Waals surface area contributed by atoms with Gasteiger partial charge in [0.1, 0.15) is 0 Å². The molecule has 0 fully saturated rings. The van der Waals surface area contributed by atoms with Crippen molar-refractivity contribution < 1.29 is 0 Å². The Morgan fingerprint density at radius 3 is 1.23 bits per heavy atom. The Labute approximate surface area is 405 Å². The van der Waals surface area contributed by atoms with Crippen LogP contribution in [0.1, 0.15) is 58.4 Å². The summed E-state index contributed by atoms with van der Waals surface area (Å²) in [5.41, 5.74) is 23.4. The summed E-state index contributed by atoms with van der Waals surface area (Å²) in [6.45, 7) is 9.16. The number of fused-ring (bicyclic) bond motifs is 8. The van der Waals surface area contributed by atoms with E-state index in [4.69, 9.17) is 0 Å². The highest BCUT2D eigenvalue weighted by atomic mass is 15.1. The molecule has 2 aliphatic carbocycles. The second-order valence-corrected chi connectivity index (χ2v) is 19.8. The maximum absolute atomic E-state index is 2.52. The van der Waals surface area contributed by atoms with Crippen molar-refractivity contribution in [2.45, 2.75) is 38.5 Å². The second kappa shape index (κ2) is 15.7. The molecule has 0 saturated heterocycles. The lowest BCUT2D eigenvalue weighted by Crippen LogP contribution is -2.28. The molecule has 1 heteroatoms. The smallest absolute Gasteiger partial charge is 0.0713 e. The fourth-order valence-corrected chi connectivity index (χ4v) is 12.4. The Balaban J connectivity index is 0.978. The molecule has 0 saturated carbocycles. The van der Waals surface area contributed by atoms with Gasteiger partial charge >= 0.3 is 0 Å². The third kappa shape index (κ3) is 6.16. The van der Waals surface area contributed by atoms with Gasteiger partial charge < -0.3 is 4.90 Å². The van der Waals surface area contributed by atoms with Crippen molar-refractivity contribution in [3.05, 3.63) is 281 Å². The molecule has 0 spiro atoms. The van der Waals surface area contributed by atoms with Crippen molar-refractivity contribution in [1.29, 1.82) is 0 Å². The van der Waals surface area contributed by atoms with E-state index in [1.807, 2.05) is 0 Å². The molecule has 11 aromatic carbocycles. The molecular weight excluding hydrogens is 831 g/mol. The lowest BCUT2D eigenvalue weighted by molar-refractivity contribution is 0.660. The van der Waals surface area contributed by atoms with E-state index in [1.165, 1.54) is 116 Å². The Hall–Kier alpha value is -8.26. The molecule has 69 heavy (non-hydrogen) atoms. The van der Waals surface area contributed by atoms with E-state index in [9.17, 15) is 0 Å². The third-order valence-corrected chi connectivity index (χ3v) is 15.4. The normalized spacial score (nSPS) is 13.7. The molecule has 328 valence electrons. The molecule has 0 aromatic heterocycles. The number of hydrogen-bond donors (Lipinski definition) is 0. The molecule has 0 amide bonds. The lowest BCUT2D eigenvalue weighted by Gasteiger charge is -2.34. The lowest BCUT2D eigenvalue weighted by atomic mass is 9.67. The summed E-state index contributed by atoms with van der Waals surface area (Å²) in [6, 6.07) is 88.8. The number of anilines is 3. The van der Waals surface area contributed by atoms with E-state index in [0.29, 0.717) is 0 Å². The highest BCUT2D eigenvalue weighted by Crippen LogP contribution is 2.58. The molecule has 0 heterocycles. The van der Waals surface area contributed by atoms with Crippen molar-refractivity contribution in [3.8, 4) is 44.5 Å². The minimum absolute atomic E-state index is 0.237. The van der Waals surface area contributed by atoms with Crippen LogP contribution in [0.2, 0.25) is 0 Å². The van der Waals surface area contributed by atoms with Gasteiger partial charge in [0, 0.05) is 22.5 Å². The first-order valence-electron chi connectivity index (χ1n) is 24.3. The van der Waals surface area contributed by atoms with Crippen molar-refractivity contribution in [1.82, 2.24) is 0 Å². The number of aryl methyl sites for hydroxylation is 2. The fourth-order valence-electron chi connectivity index (χ4n) is 12.4. The summed E-state index contributed by atoms with van der Waals surface area (Å²) < 4.78 is 0. The van der Waals surface area contributed by atoms with Crippen molar-refractivity contribution in [3.63, 3.8) is 0 Å². The van der Waals surface area contributed by atoms with Gasteiger partial charge in [-0.1, -0.05) is 202 Å². The summed E-state index contributed by atoms with van der Waals surface area (Å²) in [5.74, 6) is 0. The second-order valence-electron chi connectivity index (χ2n) is 19.8. The first kappa shape index (κ1) is 41.0. The molecule has 2 aliphatic rings. The van der Waals surface area contributed by atoms with Gasteiger partial charge in [0.15, 0.2) is 0 Å². The highest BCUT2D eigenvalue weighted by Gasteiger charge is 2.46. The number of hydrogen-bond acceptors (Lipinski definition) is 1. The SMILES string of the molecule is Cc1cccc(N(c2cccc(C)c2)c2ccc3c(c2)C(C)(C)c2cc(-c4c5ccccc5c(-c5ccc6c(c5)C(c5ccccc5)(c5ccccc5)c5ccccc5-6)c5ccccc45)ccc2-3)c1. The molecule has 13 rings (SSSR count). The van der Waals surface area contributed by atoms with Crippen LogP contribution in [0, 0.1) is 13.8 Å². The Morgan fingerprint density at radius 1 is 0.304 bits per heavy atom. The summed E-state index contributed by atoms with van der Waals surface area (Å²) in [4.78, 5) is 2.41. The van der Waals surface area contributed by atoms with Crippen molar-refractivity contribution in [2.24, 2.45) is 0 Å². The van der Waals surface area contributed by atoms with Crippen LogP contribution in [-0.4, -0.2) is 0 Å². The maximum Gasteiger partial charge on any atom is 0.0713 e. The minimum Gasteiger partial charge on any atom is -0.310 e. The highest BCUT2D eigenvalue weighted by molar-refractivity contribution is 6.21. The zero-order chi connectivity index (χ0) is 46.4. The van der Waals surface area contributed by atoms with Crippen LogP contribution in [0.25, 0.3) is 66.1 Å². The van der Waals surface area contributed by atoms with Gasteiger partial charge in [-0.15, -0.1) is 0 Å². The van der Waals surface area contributed by atoms with Crippen LogP contribution in [0.5, 0.6) is 0 Å². The molecule has 11 aromatic rings. The summed E-state index contributed by atoms with van der Waals surface area (Å²) in [7, 11) is 0. The van der Waals surface area contributed by atoms with Gasteiger partial charge in [-0.3, -0.25) is 0 Å². The first-order chi connectivity index (χ1) is 33.8. The van der Waals surface area contributed by atoms with Crippen LogP contribution in [0.15, 0.2) is 237 Å². The standard InChI is InChI=1S/C68H51N/c1-44-19-17-25-50(39-44)69(51-26-18-20-45(2)40-51)52-35-38-55-54-36-33-46(41-62(54)67(3,4)63(55)43-52)65-57-28-11-13-30-59(57)66(60-31-14-12-29-58(60)65)47-34-37-56-53-27-15-16-32-61(53)68(64(56)42-47,48-21-7-5-8-22-48)49-23-9-6-10-24-49/h5-43H,1-4H3. The third-order valence-electron chi connectivity index (χ3n) is 15.4. The first-order valence-corrected chi connectivity index (χ1v) is 24.3. The van der Waals surface area contributed by atoms with E-state index in [1.54, 1.807) is 0 Å². The van der Waals surface area contributed by atoms with Gasteiger partial charge in [0.25, 0.3) is 0 Å². The zero-order valence-corrected chi connectivity index (χ0v) is 39.5. The largest absolute Gasteiger partial charge is 0.310 e. The van der Waals surface area contributed by atoms with E-state index < -0.39 is 5.41 Å². The molecule has 0 aliphatic heterocycles. The van der Waals surface area contributed by atoms with Crippen LogP contribution in [-0.2, 0) is 10.8 Å². The Kier molecular flexibility index (Phi) is 9.30. The Bertz CT molecular complexity index is 3700. The predicted octanol–water partition coefficient (Wildman–Crippen LogP) is 18.1. The monoisotopic (exact) mass is 881 g/mol. The minimum atomic E-state index is -0.481. The van der Waals surface area contributed by atoms with Gasteiger partial charge in [-0.05, 0) is 173 Å². The summed E-state index contributed by atoms with van der Waals surface area (Å²) in [6.07, 6.45) is 0. The van der Waals surface area contributed by atoms with E-state index in [0.717, 1.165) is 11.4 Å². The van der Waals surface area contributed by atoms with Crippen LogP contribution < -0.4 is 4.90 Å². The van der Waals surface area contributed by atoms with Crippen LogP contribution >= 0.6 is 0 Å². The fraction of sp³-hybridized carbons (Fsp3) is 0.0882. The van der Waals surface area contributed by atoms with Crippen molar-refractivity contribution >= 4 is 38.6 Å². The number of benzene rings is 11. The van der Waals surface area contributed by atoms with Crippen LogP contribution in [0.3, 0.4) is 0 Å². The topological polar surface area (TPSA) is 3.24 Å². The average Bonchev–Trinajstić information content (AvgIpc) is 3.80. The molecule has 1 nitrogen and oxygen atoms in total. The van der Waals surface area contributed by atoms with Crippen LogP contribution in [0.4, 0.5) is 17.1 Å². The van der Waals surface area contributed by atoms with E-state index in [-0.39, 0.29) is 5.41 Å². The quantitative estimate of drug-likeness (QED) is 0.144. The number of nitrogens with zero attached hydrogens (tertiary/aromatic N) is 1. The molecule has 0 radical (unpaired) electrons. The van der Waals surface area contributed by atoms with E-state index >= 15 is 0 Å². The predicted molar refractivity (Wildman–Crippen MR) is 291 cm³/mol. The maximum atomic E-state index is 2.52. The zero-order valence-electron chi connectivity index (χ0n) is 39.5. The Morgan fingerprint density at radius 2 is 0.710 bits per heavy atom. The number of rotatable bonds is 7. The summed E-state index contributed by atoms with van der Waals surface area (Å²) >= 11 is 0. The summed E-state index contributed by atoms with van der Waals surface area (Å²) in [5, 5.41) is 5.03. The van der Waals surface area contributed by atoms with Crippen molar-refractivity contribution in [2.75, 3.05) is 4.90 Å². The molecule has 0 N–H and O–H groups in total. The van der Waals surface area contributed by atoms with Gasteiger partial charge in [-0.2, -0.15) is 0 Å². The molecule has 0 atom stereocenters. The van der Waals surface area contributed by atoms with E-state index in [2.05, 4.69) is 269 Å². The molecule has 0 unspecified atom stereocenters. The van der Waals surface area contributed by atoms with Gasteiger partial charge in [0.05, 0.1) is 5.41 Å². The average molecular weight is 882 g/mol.